The van der Waals surface area contributed by atoms with Crippen molar-refractivity contribution in [2.24, 2.45) is 5.73 Å². The molecule has 0 aromatic heterocycles. The number of nitrogens with two attached hydrogens (primary N) is 1. The van der Waals surface area contributed by atoms with Gasteiger partial charge in [-0.05, 0) is 32.0 Å². The molecule has 0 saturated carbocycles. The van der Waals surface area contributed by atoms with Crippen LogP contribution in [-0.4, -0.2) is 26.3 Å². The van der Waals surface area contributed by atoms with Crippen molar-refractivity contribution in [3.63, 3.8) is 0 Å². The second-order valence-corrected chi connectivity index (χ2v) is 4.20. The van der Waals surface area contributed by atoms with Gasteiger partial charge in [-0.25, -0.2) is 0 Å². The standard InChI is InChI=1S/C13H18F4N2O2/c14-12(15)20-10-4-3-9(8-19-6-2-1-5-18)11(7-10)21-13(16)17/h3-4,7,12-13,19H,1-2,5-6,8,18H2. The Kier molecular flexibility index (Phi) is 7.84. The third-order valence-corrected chi connectivity index (χ3v) is 2.60. The highest BCUT2D eigenvalue weighted by Gasteiger charge is 2.13. The molecular formula is C13H18F4N2O2. The van der Waals surface area contributed by atoms with E-state index in [-0.39, 0.29) is 18.0 Å². The SMILES string of the molecule is NCCCCNCc1ccc(OC(F)F)cc1OC(F)F. The van der Waals surface area contributed by atoms with Gasteiger partial charge in [0.05, 0.1) is 0 Å². The normalized spacial score (nSPS) is 11.2. The largest absolute Gasteiger partial charge is 0.435 e. The number of benzene rings is 1. The van der Waals surface area contributed by atoms with Crippen molar-refractivity contribution < 1.29 is 27.0 Å². The Morgan fingerprint density at radius 3 is 2.38 bits per heavy atom. The molecule has 0 amide bonds. The summed E-state index contributed by atoms with van der Waals surface area (Å²) in [6.07, 6.45) is 1.71. The molecule has 1 rings (SSSR count). The number of ether oxygens (including phenoxy) is 2. The molecule has 0 saturated heterocycles. The first kappa shape index (κ1) is 17.5. The number of unbranched alkanes of at least 4 members (excludes halogenated alkanes) is 1. The Morgan fingerprint density at radius 2 is 1.76 bits per heavy atom. The van der Waals surface area contributed by atoms with Gasteiger partial charge in [0.1, 0.15) is 11.5 Å². The van der Waals surface area contributed by atoms with Crippen molar-refractivity contribution in [2.45, 2.75) is 32.6 Å². The van der Waals surface area contributed by atoms with Crippen molar-refractivity contribution in [3.05, 3.63) is 23.8 Å². The van der Waals surface area contributed by atoms with E-state index < -0.39 is 13.2 Å². The van der Waals surface area contributed by atoms with Crippen LogP contribution in [0.3, 0.4) is 0 Å². The van der Waals surface area contributed by atoms with Crippen LogP contribution in [0.4, 0.5) is 17.6 Å². The molecule has 1 aromatic rings. The monoisotopic (exact) mass is 310 g/mol. The lowest BCUT2D eigenvalue weighted by Gasteiger charge is -2.13. The second kappa shape index (κ2) is 9.41. The molecule has 0 spiro atoms. The fourth-order valence-electron chi connectivity index (χ4n) is 1.68. The summed E-state index contributed by atoms with van der Waals surface area (Å²) in [5, 5.41) is 3.04. The Bertz CT molecular complexity index is 419. The van der Waals surface area contributed by atoms with Gasteiger partial charge in [0.15, 0.2) is 0 Å². The summed E-state index contributed by atoms with van der Waals surface area (Å²) in [6, 6.07) is 3.71. The maximum atomic E-state index is 12.3. The van der Waals surface area contributed by atoms with E-state index in [1.165, 1.54) is 12.1 Å². The lowest BCUT2D eigenvalue weighted by molar-refractivity contribution is -0.0546. The number of nitrogens with one attached hydrogen (secondary N) is 1. The molecule has 1 aromatic carbocycles. The van der Waals surface area contributed by atoms with Crippen LogP contribution in [0.2, 0.25) is 0 Å². The fraction of sp³-hybridized carbons (Fsp3) is 0.538. The lowest BCUT2D eigenvalue weighted by Crippen LogP contribution is -2.17. The van der Waals surface area contributed by atoms with Gasteiger partial charge in [-0.3, -0.25) is 0 Å². The van der Waals surface area contributed by atoms with Gasteiger partial charge < -0.3 is 20.5 Å². The summed E-state index contributed by atoms with van der Waals surface area (Å²) in [7, 11) is 0. The van der Waals surface area contributed by atoms with Crippen LogP contribution in [0, 0.1) is 0 Å². The smallest absolute Gasteiger partial charge is 0.387 e. The van der Waals surface area contributed by atoms with Crippen LogP contribution in [0.25, 0.3) is 0 Å². The summed E-state index contributed by atoms with van der Waals surface area (Å²) in [4.78, 5) is 0. The van der Waals surface area contributed by atoms with Crippen LogP contribution < -0.4 is 20.5 Å². The molecule has 0 fully saturated rings. The molecular weight excluding hydrogens is 292 g/mol. The van der Waals surface area contributed by atoms with Crippen LogP contribution in [-0.2, 0) is 6.54 Å². The Balaban J connectivity index is 2.67. The topological polar surface area (TPSA) is 56.5 Å². The zero-order valence-electron chi connectivity index (χ0n) is 11.3. The Labute approximate surface area is 120 Å². The minimum absolute atomic E-state index is 0.186. The summed E-state index contributed by atoms with van der Waals surface area (Å²) >= 11 is 0. The average Bonchev–Trinajstić information content (AvgIpc) is 2.39. The molecule has 0 aliphatic carbocycles. The number of alkyl halides is 4. The van der Waals surface area contributed by atoms with E-state index in [1.807, 2.05) is 0 Å². The van der Waals surface area contributed by atoms with Gasteiger partial charge in [-0.1, -0.05) is 6.07 Å². The highest BCUT2D eigenvalue weighted by atomic mass is 19.3. The molecule has 120 valence electrons. The predicted octanol–water partition coefficient (Wildman–Crippen LogP) is 2.72. The third-order valence-electron chi connectivity index (χ3n) is 2.60. The predicted molar refractivity (Wildman–Crippen MR) is 69.7 cm³/mol. The second-order valence-electron chi connectivity index (χ2n) is 4.20. The van der Waals surface area contributed by atoms with Gasteiger partial charge in [0, 0.05) is 18.2 Å². The zero-order valence-corrected chi connectivity index (χ0v) is 11.3. The summed E-state index contributed by atoms with van der Waals surface area (Å²) in [6.45, 7) is -4.53. The van der Waals surface area contributed by atoms with Gasteiger partial charge in [-0.2, -0.15) is 17.6 Å². The number of hydrogen-bond acceptors (Lipinski definition) is 4. The van der Waals surface area contributed by atoms with Gasteiger partial charge >= 0.3 is 13.2 Å². The average molecular weight is 310 g/mol. The van der Waals surface area contributed by atoms with E-state index in [2.05, 4.69) is 14.8 Å². The Morgan fingerprint density at radius 1 is 1.05 bits per heavy atom. The molecule has 3 N–H and O–H groups in total. The molecule has 0 aliphatic rings. The molecule has 21 heavy (non-hydrogen) atoms. The fourth-order valence-corrected chi connectivity index (χ4v) is 1.68. The van der Waals surface area contributed by atoms with Crippen molar-refractivity contribution in [3.8, 4) is 11.5 Å². The molecule has 0 bridgehead atoms. The summed E-state index contributed by atoms with van der Waals surface area (Å²) in [5.41, 5.74) is 5.79. The van der Waals surface area contributed by atoms with E-state index in [9.17, 15) is 17.6 Å². The molecule has 4 nitrogen and oxygen atoms in total. The van der Waals surface area contributed by atoms with E-state index in [1.54, 1.807) is 0 Å². The maximum Gasteiger partial charge on any atom is 0.387 e. The van der Waals surface area contributed by atoms with E-state index in [0.29, 0.717) is 18.7 Å². The molecule has 8 heteroatoms. The van der Waals surface area contributed by atoms with E-state index in [4.69, 9.17) is 5.73 Å². The van der Waals surface area contributed by atoms with E-state index >= 15 is 0 Å². The van der Waals surface area contributed by atoms with Crippen molar-refractivity contribution in [2.75, 3.05) is 13.1 Å². The van der Waals surface area contributed by atoms with Crippen molar-refractivity contribution in [1.29, 1.82) is 0 Å². The van der Waals surface area contributed by atoms with Gasteiger partial charge in [0.2, 0.25) is 0 Å². The van der Waals surface area contributed by atoms with Crippen LogP contribution >= 0.6 is 0 Å². The zero-order chi connectivity index (χ0) is 15.7. The quantitative estimate of drug-likeness (QED) is 0.515. The summed E-state index contributed by atoms with van der Waals surface area (Å²) < 4.78 is 57.4. The molecule has 0 radical (unpaired) electrons. The minimum Gasteiger partial charge on any atom is -0.435 e. The molecule has 0 aliphatic heterocycles. The maximum absolute atomic E-state index is 12.3. The lowest BCUT2D eigenvalue weighted by atomic mass is 10.2. The Hall–Kier alpha value is -1.54. The molecule has 0 atom stereocenters. The van der Waals surface area contributed by atoms with Crippen molar-refractivity contribution >= 4 is 0 Å². The number of rotatable bonds is 10. The first-order chi connectivity index (χ1) is 10.0. The first-order valence-electron chi connectivity index (χ1n) is 6.46. The number of hydrogen-bond donors (Lipinski definition) is 2. The molecule has 0 heterocycles. The highest BCUT2D eigenvalue weighted by Crippen LogP contribution is 2.27. The molecule has 0 unspecified atom stereocenters. The van der Waals surface area contributed by atoms with Crippen LogP contribution in [0.5, 0.6) is 11.5 Å². The van der Waals surface area contributed by atoms with Crippen molar-refractivity contribution in [1.82, 2.24) is 5.32 Å². The van der Waals surface area contributed by atoms with Gasteiger partial charge in [-0.15, -0.1) is 0 Å². The van der Waals surface area contributed by atoms with E-state index in [0.717, 1.165) is 18.9 Å². The minimum atomic E-state index is -3.04. The number of halogens is 4. The van der Waals surface area contributed by atoms with Gasteiger partial charge in [0.25, 0.3) is 0 Å². The summed E-state index contributed by atoms with van der Waals surface area (Å²) in [5.74, 6) is -0.415. The highest BCUT2D eigenvalue weighted by molar-refractivity contribution is 5.40. The first-order valence-corrected chi connectivity index (χ1v) is 6.46. The van der Waals surface area contributed by atoms with Crippen LogP contribution in [0.15, 0.2) is 18.2 Å². The van der Waals surface area contributed by atoms with Crippen LogP contribution in [0.1, 0.15) is 18.4 Å². The third kappa shape index (κ3) is 7.14.